The molecule has 0 amide bonds. The van der Waals surface area contributed by atoms with Gasteiger partial charge in [-0.1, -0.05) is 0 Å². The Labute approximate surface area is 64.2 Å². The van der Waals surface area contributed by atoms with E-state index in [1.165, 1.54) is 0 Å². The Morgan fingerprint density at radius 3 is 3.18 bits per heavy atom. The largest absolute Gasteiger partial charge is 0.493 e. The lowest BCUT2D eigenvalue weighted by Gasteiger charge is -1.99. The molecule has 0 N–H and O–H groups in total. The second-order valence-corrected chi connectivity index (χ2v) is 2.23. The van der Waals surface area contributed by atoms with Gasteiger partial charge >= 0.3 is 0 Å². The molecule has 3 nitrogen and oxygen atoms in total. The normalized spacial score (nSPS) is 10.3. The lowest BCUT2D eigenvalue weighted by Crippen LogP contribution is -1.88. The first-order valence-corrected chi connectivity index (χ1v) is 3.37. The quantitative estimate of drug-likeness (QED) is 0.610. The molecule has 0 fully saturated rings. The second kappa shape index (κ2) is 2.27. The van der Waals surface area contributed by atoms with Crippen LogP contribution in [0.3, 0.4) is 0 Å². The van der Waals surface area contributed by atoms with Gasteiger partial charge in [0, 0.05) is 18.6 Å². The standard InChI is InChI=1S/C8H8N2O/c1-11-7-3-2-5-10-6-4-9-8(7)10/h2-6H,1H3. The summed E-state index contributed by atoms with van der Waals surface area (Å²) >= 11 is 0. The zero-order chi connectivity index (χ0) is 7.68. The number of rotatable bonds is 1. The average molecular weight is 148 g/mol. The highest BCUT2D eigenvalue weighted by atomic mass is 16.5. The van der Waals surface area contributed by atoms with E-state index < -0.39 is 0 Å². The van der Waals surface area contributed by atoms with Gasteiger partial charge in [0.15, 0.2) is 11.4 Å². The Morgan fingerprint density at radius 2 is 2.36 bits per heavy atom. The molecule has 56 valence electrons. The molecule has 0 bridgehead atoms. The van der Waals surface area contributed by atoms with E-state index in [0.717, 1.165) is 11.4 Å². The number of nitrogens with zero attached hydrogens (tertiary/aromatic N) is 2. The van der Waals surface area contributed by atoms with Gasteiger partial charge in [-0.3, -0.25) is 0 Å². The average Bonchev–Trinajstić information content (AvgIpc) is 2.50. The number of aromatic nitrogens is 2. The minimum atomic E-state index is 0.803. The third-order valence-electron chi connectivity index (χ3n) is 1.60. The van der Waals surface area contributed by atoms with Gasteiger partial charge in [0.05, 0.1) is 7.11 Å². The van der Waals surface area contributed by atoms with Gasteiger partial charge in [-0.2, -0.15) is 0 Å². The Kier molecular flexibility index (Phi) is 1.28. The maximum atomic E-state index is 5.10. The summed E-state index contributed by atoms with van der Waals surface area (Å²) in [5.74, 6) is 0.803. The zero-order valence-electron chi connectivity index (χ0n) is 6.19. The van der Waals surface area contributed by atoms with Gasteiger partial charge in [-0.25, -0.2) is 4.98 Å². The van der Waals surface area contributed by atoms with Crippen molar-refractivity contribution in [2.75, 3.05) is 7.11 Å². The molecule has 0 unspecified atom stereocenters. The molecule has 2 rings (SSSR count). The Bertz CT molecular complexity index is 367. The highest BCUT2D eigenvalue weighted by Crippen LogP contribution is 2.15. The number of hydrogen-bond donors (Lipinski definition) is 0. The maximum Gasteiger partial charge on any atom is 0.179 e. The molecule has 0 saturated carbocycles. The number of pyridine rings is 1. The fourth-order valence-electron chi connectivity index (χ4n) is 1.08. The number of hydrogen-bond acceptors (Lipinski definition) is 2. The summed E-state index contributed by atoms with van der Waals surface area (Å²) in [4.78, 5) is 4.13. The molecule has 0 saturated heterocycles. The van der Waals surface area contributed by atoms with E-state index in [0.29, 0.717) is 0 Å². The summed E-state index contributed by atoms with van der Waals surface area (Å²) in [6.07, 6.45) is 5.57. The van der Waals surface area contributed by atoms with Crippen molar-refractivity contribution in [3.05, 3.63) is 30.7 Å². The Balaban J connectivity index is 2.79. The van der Waals surface area contributed by atoms with Crippen LogP contribution in [0.4, 0.5) is 0 Å². The predicted molar refractivity (Wildman–Crippen MR) is 41.7 cm³/mol. The zero-order valence-corrected chi connectivity index (χ0v) is 6.19. The van der Waals surface area contributed by atoms with Crippen LogP contribution >= 0.6 is 0 Å². The lowest BCUT2D eigenvalue weighted by molar-refractivity contribution is 0.417. The SMILES string of the molecule is COc1cccn2ccnc12. The van der Waals surface area contributed by atoms with Crippen LogP contribution in [-0.4, -0.2) is 16.5 Å². The van der Waals surface area contributed by atoms with Gasteiger partial charge in [0.1, 0.15) is 0 Å². The van der Waals surface area contributed by atoms with Gasteiger partial charge in [-0.05, 0) is 12.1 Å². The first-order chi connectivity index (χ1) is 5.42. The van der Waals surface area contributed by atoms with E-state index in [4.69, 9.17) is 4.74 Å². The molecule has 2 aromatic rings. The molecular formula is C8H8N2O. The molecule has 0 aromatic carbocycles. The van der Waals surface area contributed by atoms with Crippen molar-refractivity contribution >= 4 is 5.65 Å². The third-order valence-corrected chi connectivity index (χ3v) is 1.60. The molecule has 0 spiro atoms. The van der Waals surface area contributed by atoms with E-state index in [2.05, 4.69) is 4.98 Å². The van der Waals surface area contributed by atoms with Crippen LogP contribution in [0.2, 0.25) is 0 Å². The van der Waals surface area contributed by atoms with Crippen molar-refractivity contribution in [3.8, 4) is 5.75 Å². The molecule has 3 heteroatoms. The number of imidazole rings is 1. The molecule has 0 radical (unpaired) electrons. The maximum absolute atomic E-state index is 5.10. The molecule has 0 aliphatic heterocycles. The molecule has 0 aliphatic carbocycles. The van der Waals surface area contributed by atoms with Crippen LogP contribution in [0.25, 0.3) is 5.65 Å². The highest BCUT2D eigenvalue weighted by Gasteiger charge is 1.98. The topological polar surface area (TPSA) is 26.5 Å². The van der Waals surface area contributed by atoms with E-state index in [9.17, 15) is 0 Å². The minimum Gasteiger partial charge on any atom is -0.493 e. The Morgan fingerprint density at radius 1 is 1.45 bits per heavy atom. The van der Waals surface area contributed by atoms with Gasteiger partial charge < -0.3 is 9.14 Å². The smallest absolute Gasteiger partial charge is 0.179 e. The van der Waals surface area contributed by atoms with Crippen molar-refractivity contribution in [1.29, 1.82) is 0 Å². The number of methoxy groups -OCH3 is 1. The fraction of sp³-hybridized carbons (Fsp3) is 0.125. The minimum absolute atomic E-state index is 0.803. The van der Waals surface area contributed by atoms with Crippen LogP contribution in [-0.2, 0) is 0 Å². The van der Waals surface area contributed by atoms with E-state index in [1.807, 2.05) is 28.9 Å². The summed E-state index contributed by atoms with van der Waals surface area (Å²) < 4.78 is 7.02. The van der Waals surface area contributed by atoms with Gasteiger partial charge in [0.2, 0.25) is 0 Å². The number of ether oxygens (including phenoxy) is 1. The van der Waals surface area contributed by atoms with Crippen LogP contribution in [0.1, 0.15) is 0 Å². The van der Waals surface area contributed by atoms with Crippen molar-refractivity contribution < 1.29 is 4.74 Å². The second-order valence-electron chi connectivity index (χ2n) is 2.23. The summed E-state index contributed by atoms with van der Waals surface area (Å²) in [5, 5.41) is 0. The summed E-state index contributed by atoms with van der Waals surface area (Å²) in [6.45, 7) is 0. The molecule has 2 aromatic heterocycles. The molecule has 0 atom stereocenters. The van der Waals surface area contributed by atoms with Gasteiger partial charge in [-0.15, -0.1) is 0 Å². The third kappa shape index (κ3) is 0.852. The first kappa shape index (κ1) is 6.22. The van der Waals surface area contributed by atoms with E-state index in [-0.39, 0.29) is 0 Å². The van der Waals surface area contributed by atoms with Crippen molar-refractivity contribution in [1.82, 2.24) is 9.38 Å². The monoisotopic (exact) mass is 148 g/mol. The first-order valence-electron chi connectivity index (χ1n) is 3.37. The molecular weight excluding hydrogens is 140 g/mol. The van der Waals surface area contributed by atoms with Gasteiger partial charge in [0.25, 0.3) is 0 Å². The number of fused-ring (bicyclic) bond motifs is 1. The van der Waals surface area contributed by atoms with Crippen molar-refractivity contribution in [2.45, 2.75) is 0 Å². The highest BCUT2D eigenvalue weighted by molar-refractivity contribution is 5.52. The van der Waals surface area contributed by atoms with Crippen LogP contribution in [0, 0.1) is 0 Å². The molecule has 0 aliphatic rings. The predicted octanol–water partition coefficient (Wildman–Crippen LogP) is 1.34. The van der Waals surface area contributed by atoms with E-state index in [1.54, 1.807) is 13.3 Å². The van der Waals surface area contributed by atoms with Crippen LogP contribution in [0.5, 0.6) is 5.75 Å². The molecule has 11 heavy (non-hydrogen) atoms. The van der Waals surface area contributed by atoms with Crippen LogP contribution < -0.4 is 4.74 Å². The molecule has 2 heterocycles. The van der Waals surface area contributed by atoms with Crippen molar-refractivity contribution in [2.24, 2.45) is 0 Å². The van der Waals surface area contributed by atoms with Crippen LogP contribution in [0.15, 0.2) is 30.7 Å². The summed E-state index contributed by atoms with van der Waals surface area (Å²) in [7, 11) is 1.64. The van der Waals surface area contributed by atoms with E-state index >= 15 is 0 Å². The van der Waals surface area contributed by atoms with Crippen molar-refractivity contribution in [3.63, 3.8) is 0 Å². The summed E-state index contributed by atoms with van der Waals surface area (Å²) in [5.41, 5.74) is 0.856. The lowest BCUT2D eigenvalue weighted by atomic mass is 10.4. The summed E-state index contributed by atoms with van der Waals surface area (Å²) in [6, 6.07) is 3.82. The fourth-order valence-corrected chi connectivity index (χ4v) is 1.08. The Hall–Kier alpha value is -1.51.